The van der Waals surface area contributed by atoms with Crippen molar-refractivity contribution in [3.05, 3.63) is 5.69 Å². The summed E-state index contributed by atoms with van der Waals surface area (Å²) in [5.41, 5.74) is 0.548. The second-order valence-corrected chi connectivity index (χ2v) is 4.06. The topological polar surface area (TPSA) is 77.5 Å². The maximum absolute atomic E-state index is 11.2. The first-order valence-corrected chi connectivity index (χ1v) is 5.80. The van der Waals surface area contributed by atoms with E-state index in [2.05, 4.69) is 20.0 Å². The van der Waals surface area contributed by atoms with Crippen molar-refractivity contribution in [1.29, 1.82) is 0 Å². The lowest BCUT2D eigenvalue weighted by atomic mass is 10.4. The Labute approximate surface area is 99.9 Å². The van der Waals surface area contributed by atoms with Crippen LogP contribution in [0.3, 0.4) is 0 Å². The minimum Gasteiger partial charge on any atom is -0.539 e. The van der Waals surface area contributed by atoms with E-state index in [1.54, 1.807) is 7.05 Å². The molecule has 1 N–H and O–H groups in total. The van der Waals surface area contributed by atoms with Crippen LogP contribution in [0.4, 0.5) is 0 Å². The number of nitrogens with zero attached hydrogens (tertiary/aromatic N) is 3. The van der Waals surface area contributed by atoms with Gasteiger partial charge >= 0.3 is 0 Å². The SMILES string of the molecule is C[n+]1noc([O-])c1CNCCN1CCOCC1. The van der Waals surface area contributed by atoms with Crippen molar-refractivity contribution >= 4 is 0 Å². The molecular weight excluding hydrogens is 224 g/mol. The minimum atomic E-state index is -0.369. The molecule has 1 saturated heterocycles. The second-order valence-electron chi connectivity index (χ2n) is 4.06. The molecule has 0 atom stereocenters. The molecule has 0 spiro atoms. The molecule has 0 amide bonds. The third kappa shape index (κ3) is 3.39. The molecule has 2 rings (SSSR count). The molecule has 7 heteroatoms. The van der Waals surface area contributed by atoms with E-state index in [1.807, 2.05) is 0 Å². The zero-order valence-electron chi connectivity index (χ0n) is 10.0. The van der Waals surface area contributed by atoms with Gasteiger partial charge in [-0.15, -0.1) is 0 Å². The van der Waals surface area contributed by atoms with Crippen LogP contribution in [0.1, 0.15) is 5.69 Å². The Balaban J connectivity index is 1.66. The van der Waals surface area contributed by atoms with Gasteiger partial charge in [0.2, 0.25) is 5.69 Å². The average Bonchev–Trinajstić information content (AvgIpc) is 2.67. The van der Waals surface area contributed by atoms with Crippen molar-refractivity contribution in [3.63, 3.8) is 0 Å². The van der Waals surface area contributed by atoms with Crippen LogP contribution in [0.25, 0.3) is 0 Å². The monoisotopic (exact) mass is 242 g/mol. The van der Waals surface area contributed by atoms with Crippen molar-refractivity contribution in [2.75, 3.05) is 39.4 Å². The zero-order chi connectivity index (χ0) is 12.1. The summed E-state index contributed by atoms with van der Waals surface area (Å²) < 4.78 is 11.3. The van der Waals surface area contributed by atoms with Gasteiger partial charge in [-0.3, -0.25) is 4.90 Å². The summed E-state index contributed by atoms with van der Waals surface area (Å²) in [6.45, 7) is 5.88. The minimum absolute atomic E-state index is 0.369. The Hall–Kier alpha value is -1.18. The Morgan fingerprint density at radius 2 is 2.24 bits per heavy atom. The summed E-state index contributed by atoms with van der Waals surface area (Å²) in [5, 5.41) is 18.0. The molecule has 96 valence electrons. The van der Waals surface area contributed by atoms with Gasteiger partial charge in [-0.2, -0.15) is 0 Å². The first-order valence-electron chi connectivity index (χ1n) is 5.80. The molecule has 0 aromatic carbocycles. The van der Waals surface area contributed by atoms with Crippen LogP contribution >= 0.6 is 0 Å². The predicted octanol–water partition coefficient (Wildman–Crippen LogP) is -2.01. The molecule has 7 nitrogen and oxygen atoms in total. The number of hydrogen-bond acceptors (Lipinski definition) is 6. The van der Waals surface area contributed by atoms with Crippen molar-refractivity contribution in [2.45, 2.75) is 6.54 Å². The van der Waals surface area contributed by atoms with Crippen LogP contribution in [0.2, 0.25) is 0 Å². The second kappa shape index (κ2) is 5.95. The summed E-state index contributed by atoms with van der Waals surface area (Å²) in [7, 11) is 1.70. The molecule has 0 saturated carbocycles. The molecule has 0 aliphatic carbocycles. The van der Waals surface area contributed by atoms with Crippen LogP contribution in [-0.4, -0.2) is 49.6 Å². The van der Waals surface area contributed by atoms with Crippen molar-refractivity contribution < 1.29 is 19.0 Å². The fourth-order valence-electron chi connectivity index (χ4n) is 1.79. The Kier molecular flexibility index (Phi) is 4.29. The lowest BCUT2D eigenvalue weighted by Crippen LogP contribution is -2.41. The van der Waals surface area contributed by atoms with Gasteiger partial charge in [0.05, 0.1) is 25.0 Å². The zero-order valence-corrected chi connectivity index (χ0v) is 10.0. The molecule has 1 fully saturated rings. The van der Waals surface area contributed by atoms with Crippen LogP contribution in [-0.2, 0) is 18.3 Å². The number of aromatic nitrogens is 2. The van der Waals surface area contributed by atoms with Crippen molar-refractivity contribution in [3.8, 4) is 5.95 Å². The summed E-state index contributed by atoms with van der Waals surface area (Å²) in [6, 6.07) is 0. The van der Waals surface area contributed by atoms with Gasteiger partial charge in [0.25, 0.3) is 0 Å². The molecule has 17 heavy (non-hydrogen) atoms. The number of hydrogen-bond donors (Lipinski definition) is 1. The molecule has 0 bridgehead atoms. The summed E-state index contributed by atoms with van der Waals surface area (Å²) in [5.74, 6) is -0.369. The smallest absolute Gasteiger partial charge is 0.246 e. The largest absolute Gasteiger partial charge is 0.539 e. The average molecular weight is 242 g/mol. The Morgan fingerprint density at radius 1 is 1.47 bits per heavy atom. The first-order chi connectivity index (χ1) is 8.27. The normalized spacial score (nSPS) is 17.5. The standard InChI is InChI=1S/C10H18N4O3/c1-13-9(10(15)17-12-13)8-11-2-3-14-4-6-16-7-5-14/h11H,2-8H2,1H3. The van der Waals surface area contributed by atoms with E-state index in [1.165, 1.54) is 4.68 Å². The van der Waals surface area contributed by atoms with E-state index in [4.69, 9.17) is 4.74 Å². The number of ether oxygens (including phenoxy) is 1. The summed E-state index contributed by atoms with van der Waals surface area (Å²) in [6.07, 6.45) is 0. The van der Waals surface area contributed by atoms with E-state index in [0.717, 1.165) is 39.4 Å². The molecule has 2 heterocycles. The fourth-order valence-corrected chi connectivity index (χ4v) is 1.79. The van der Waals surface area contributed by atoms with E-state index in [-0.39, 0.29) is 5.95 Å². The molecule has 1 aliphatic heterocycles. The highest BCUT2D eigenvalue weighted by atomic mass is 16.6. The maximum Gasteiger partial charge on any atom is 0.246 e. The van der Waals surface area contributed by atoms with Gasteiger partial charge in [-0.05, 0) is 0 Å². The molecular formula is C10H18N4O3. The highest BCUT2D eigenvalue weighted by Gasteiger charge is 2.13. The third-order valence-electron chi connectivity index (χ3n) is 2.87. The van der Waals surface area contributed by atoms with Crippen LogP contribution < -0.4 is 15.1 Å². The number of morpholine rings is 1. The molecule has 1 aromatic heterocycles. The predicted molar refractivity (Wildman–Crippen MR) is 56.1 cm³/mol. The van der Waals surface area contributed by atoms with Crippen molar-refractivity contribution in [2.24, 2.45) is 7.05 Å². The van der Waals surface area contributed by atoms with Crippen LogP contribution in [0.5, 0.6) is 5.95 Å². The molecule has 0 radical (unpaired) electrons. The van der Waals surface area contributed by atoms with Gasteiger partial charge < -0.3 is 19.7 Å². The van der Waals surface area contributed by atoms with Crippen LogP contribution in [0, 0.1) is 0 Å². The summed E-state index contributed by atoms with van der Waals surface area (Å²) >= 11 is 0. The van der Waals surface area contributed by atoms with E-state index < -0.39 is 0 Å². The lowest BCUT2D eigenvalue weighted by Gasteiger charge is -2.26. The van der Waals surface area contributed by atoms with Crippen LogP contribution in [0.15, 0.2) is 4.52 Å². The van der Waals surface area contributed by atoms with Gasteiger partial charge in [-0.1, -0.05) is 4.68 Å². The molecule has 0 unspecified atom stereocenters. The van der Waals surface area contributed by atoms with E-state index in [0.29, 0.717) is 12.2 Å². The van der Waals surface area contributed by atoms with E-state index >= 15 is 0 Å². The quantitative estimate of drug-likeness (QED) is 0.475. The first kappa shape index (κ1) is 12.3. The van der Waals surface area contributed by atoms with Gasteiger partial charge in [0.1, 0.15) is 0 Å². The maximum atomic E-state index is 11.2. The van der Waals surface area contributed by atoms with Gasteiger partial charge in [-0.25, -0.2) is 0 Å². The number of rotatable bonds is 5. The lowest BCUT2D eigenvalue weighted by molar-refractivity contribution is -0.746. The van der Waals surface area contributed by atoms with Crippen molar-refractivity contribution in [1.82, 2.24) is 15.5 Å². The highest BCUT2D eigenvalue weighted by Crippen LogP contribution is 2.04. The fraction of sp³-hybridized carbons (Fsp3) is 0.800. The third-order valence-corrected chi connectivity index (χ3v) is 2.87. The van der Waals surface area contributed by atoms with E-state index in [9.17, 15) is 5.11 Å². The molecule has 1 aromatic rings. The Bertz CT molecular complexity index is 330. The van der Waals surface area contributed by atoms with Gasteiger partial charge in [0, 0.05) is 26.2 Å². The number of nitrogens with one attached hydrogen (secondary N) is 1. The summed E-state index contributed by atoms with van der Waals surface area (Å²) in [4.78, 5) is 2.34. The highest BCUT2D eigenvalue weighted by molar-refractivity contribution is 5.02. The van der Waals surface area contributed by atoms with Gasteiger partial charge in [0.15, 0.2) is 13.0 Å². The Morgan fingerprint density at radius 3 is 2.88 bits per heavy atom. The molecule has 1 aliphatic rings. The number of aryl methyl sites for hydroxylation is 1.